The van der Waals surface area contributed by atoms with Crippen LogP contribution in [0.1, 0.15) is 60.5 Å². The molecule has 2 aromatic carbocycles. The number of piperidine rings is 1. The Hall–Kier alpha value is -2.71. The summed E-state index contributed by atoms with van der Waals surface area (Å²) in [5.74, 6) is -1.03. The summed E-state index contributed by atoms with van der Waals surface area (Å²) in [6.45, 7) is 6.58. The number of nitrogens with one attached hydrogen (secondary N) is 1. The van der Waals surface area contributed by atoms with E-state index in [2.05, 4.69) is 5.32 Å². The molecule has 178 valence electrons. The summed E-state index contributed by atoms with van der Waals surface area (Å²) in [6, 6.07) is 14.3. The van der Waals surface area contributed by atoms with Crippen molar-refractivity contribution in [1.82, 2.24) is 9.62 Å². The molecule has 1 aliphatic rings. The third-order valence-electron chi connectivity index (χ3n) is 5.96. The molecule has 0 spiro atoms. The van der Waals surface area contributed by atoms with Crippen LogP contribution in [0.15, 0.2) is 53.4 Å². The van der Waals surface area contributed by atoms with Crippen LogP contribution in [0.3, 0.4) is 0 Å². The first-order valence-electron chi connectivity index (χ1n) is 11.3. The number of hydrogen-bond donors (Lipinski definition) is 1. The van der Waals surface area contributed by atoms with Crippen LogP contribution in [-0.2, 0) is 19.6 Å². The quantitative estimate of drug-likeness (QED) is 0.592. The minimum Gasteiger partial charge on any atom is -0.449 e. The van der Waals surface area contributed by atoms with E-state index in [4.69, 9.17) is 4.74 Å². The van der Waals surface area contributed by atoms with E-state index >= 15 is 0 Å². The first kappa shape index (κ1) is 24.9. The number of carbonyl (C=O) groups excluding carboxylic acids is 2. The van der Waals surface area contributed by atoms with Gasteiger partial charge in [-0.25, -0.2) is 13.2 Å². The molecule has 1 aliphatic heterocycles. The predicted octanol–water partition coefficient (Wildman–Crippen LogP) is 3.63. The molecule has 7 nitrogen and oxygen atoms in total. The van der Waals surface area contributed by atoms with Gasteiger partial charge in [-0.2, -0.15) is 4.31 Å². The van der Waals surface area contributed by atoms with Crippen LogP contribution in [0.25, 0.3) is 0 Å². The van der Waals surface area contributed by atoms with Gasteiger partial charge in [-0.15, -0.1) is 0 Å². The zero-order valence-electron chi connectivity index (χ0n) is 19.4. The van der Waals surface area contributed by atoms with Gasteiger partial charge in [0, 0.05) is 19.6 Å². The number of esters is 1. The standard InChI is InChI=1S/C25H32N2O5S/c1-18-12-13-22(16-23(18)33(30,31)27-14-8-5-9-15-27)25(29)32-20(3)24(28)26-17-19(2)21-10-6-4-7-11-21/h4,6-7,10-13,16,19-20H,5,8-9,14-15,17H2,1-3H3,(H,26,28). The van der Waals surface area contributed by atoms with Crippen LogP contribution in [-0.4, -0.2) is 50.3 Å². The van der Waals surface area contributed by atoms with E-state index in [-0.39, 0.29) is 16.4 Å². The Morgan fingerprint density at radius 1 is 1.03 bits per heavy atom. The molecule has 1 amide bonds. The molecular formula is C25H32N2O5S. The van der Waals surface area contributed by atoms with Crippen LogP contribution in [0.2, 0.25) is 0 Å². The molecule has 2 aromatic rings. The van der Waals surface area contributed by atoms with Crippen molar-refractivity contribution in [3.05, 3.63) is 65.2 Å². The van der Waals surface area contributed by atoms with E-state index < -0.39 is 28.0 Å². The number of nitrogens with zero attached hydrogens (tertiary/aromatic N) is 1. The average Bonchev–Trinajstić information content (AvgIpc) is 2.83. The van der Waals surface area contributed by atoms with Crippen molar-refractivity contribution in [2.75, 3.05) is 19.6 Å². The Morgan fingerprint density at radius 2 is 1.70 bits per heavy atom. The number of sulfonamides is 1. The Kier molecular flexibility index (Phi) is 8.26. The Bertz CT molecular complexity index is 1080. The fourth-order valence-corrected chi connectivity index (χ4v) is 5.60. The third kappa shape index (κ3) is 6.21. The fourth-order valence-electron chi connectivity index (χ4n) is 3.83. The van der Waals surface area contributed by atoms with Gasteiger partial charge in [0.15, 0.2) is 6.10 Å². The van der Waals surface area contributed by atoms with E-state index in [1.807, 2.05) is 37.3 Å². The van der Waals surface area contributed by atoms with Crippen LogP contribution < -0.4 is 5.32 Å². The van der Waals surface area contributed by atoms with Crippen LogP contribution in [0, 0.1) is 6.92 Å². The van der Waals surface area contributed by atoms with Gasteiger partial charge in [0.25, 0.3) is 5.91 Å². The topological polar surface area (TPSA) is 92.8 Å². The summed E-state index contributed by atoms with van der Waals surface area (Å²) in [5, 5.41) is 2.81. The monoisotopic (exact) mass is 472 g/mol. The number of benzene rings is 2. The summed E-state index contributed by atoms with van der Waals surface area (Å²) >= 11 is 0. The minimum absolute atomic E-state index is 0.104. The highest BCUT2D eigenvalue weighted by Gasteiger charge is 2.29. The second kappa shape index (κ2) is 10.9. The first-order chi connectivity index (χ1) is 15.7. The lowest BCUT2D eigenvalue weighted by Crippen LogP contribution is -2.37. The number of aryl methyl sites for hydroxylation is 1. The minimum atomic E-state index is -3.69. The zero-order chi connectivity index (χ0) is 24.0. The number of carbonyl (C=O) groups is 2. The molecule has 1 N–H and O–H groups in total. The number of rotatable bonds is 8. The Morgan fingerprint density at radius 3 is 2.36 bits per heavy atom. The molecule has 0 bridgehead atoms. The molecule has 0 aromatic heterocycles. The molecule has 0 saturated carbocycles. The van der Waals surface area contributed by atoms with Crippen LogP contribution in [0.5, 0.6) is 0 Å². The number of amides is 1. The van der Waals surface area contributed by atoms with E-state index in [9.17, 15) is 18.0 Å². The lowest BCUT2D eigenvalue weighted by Gasteiger charge is -2.26. The van der Waals surface area contributed by atoms with Crippen molar-refractivity contribution >= 4 is 21.9 Å². The van der Waals surface area contributed by atoms with E-state index in [0.717, 1.165) is 24.8 Å². The van der Waals surface area contributed by atoms with E-state index in [1.165, 1.54) is 23.4 Å². The second-order valence-corrected chi connectivity index (χ2v) is 10.5. The maximum absolute atomic E-state index is 13.1. The van der Waals surface area contributed by atoms with Gasteiger partial charge in [0.1, 0.15) is 0 Å². The molecule has 8 heteroatoms. The first-order valence-corrected chi connectivity index (χ1v) is 12.8. The van der Waals surface area contributed by atoms with Gasteiger partial charge >= 0.3 is 5.97 Å². The maximum Gasteiger partial charge on any atom is 0.338 e. The van der Waals surface area contributed by atoms with Crippen molar-refractivity contribution in [1.29, 1.82) is 0 Å². The summed E-state index contributed by atoms with van der Waals surface area (Å²) < 4.78 is 33.0. The molecule has 0 radical (unpaired) electrons. The normalized spacial score (nSPS) is 16.6. The van der Waals surface area contributed by atoms with Crippen LogP contribution >= 0.6 is 0 Å². The maximum atomic E-state index is 13.1. The lowest BCUT2D eigenvalue weighted by molar-refractivity contribution is -0.129. The van der Waals surface area contributed by atoms with Gasteiger partial charge in [0.2, 0.25) is 10.0 Å². The molecule has 3 rings (SSSR count). The van der Waals surface area contributed by atoms with Gasteiger partial charge in [0.05, 0.1) is 10.5 Å². The molecule has 2 unspecified atom stereocenters. The van der Waals surface area contributed by atoms with Crippen molar-refractivity contribution in [3.8, 4) is 0 Å². The Labute approximate surface area is 196 Å². The third-order valence-corrected chi connectivity index (χ3v) is 8.00. The van der Waals surface area contributed by atoms with Crippen molar-refractivity contribution < 1.29 is 22.7 Å². The highest BCUT2D eigenvalue weighted by Crippen LogP contribution is 2.25. The van der Waals surface area contributed by atoms with Gasteiger partial charge < -0.3 is 10.1 Å². The SMILES string of the molecule is Cc1ccc(C(=O)OC(C)C(=O)NCC(C)c2ccccc2)cc1S(=O)(=O)N1CCCCC1. The van der Waals surface area contributed by atoms with Gasteiger partial charge in [-0.05, 0) is 55.9 Å². The van der Waals surface area contributed by atoms with Crippen molar-refractivity contribution in [2.24, 2.45) is 0 Å². The molecule has 33 heavy (non-hydrogen) atoms. The second-order valence-electron chi connectivity index (χ2n) is 8.55. The molecular weight excluding hydrogens is 440 g/mol. The lowest BCUT2D eigenvalue weighted by atomic mass is 10.0. The Balaban J connectivity index is 1.63. The smallest absolute Gasteiger partial charge is 0.338 e. The van der Waals surface area contributed by atoms with Crippen molar-refractivity contribution in [2.45, 2.75) is 57.0 Å². The largest absolute Gasteiger partial charge is 0.449 e. The summed E-state index contributed by atoms with van der Waals surface area (Å²) in [5.41, 5.74) is 1.77. The van der Waals surface area contributed by atoms with Gasteiger partial charge in [-0.3, -0.25) is 4.79 Å². The molecule has 1 saturated heterocycles. The number of hydrogen-bond acceptors (Lipinski definition) is 5. The molecule has 2 atom stereocenters. The highest BCUT2D eigenvalue weighted by atomic mass is 32.2. The average molecular weight is 473 g/mol. The van der Waals surface area contributed by atoms with Crippen LogP contribution in [0.4, 0.5) is 0 Å². The van der Waals surface area contributed by atoms with E-state index in [0.29, 0.717) is 25.2 Å². The fraction of sp³-hybridized carbons (Fsp3) is 0.440. The van der Waals surface area contributed by atoms with Gasteiger partial charge in [-0.1, -0.05) is 49.7 Å². The summed E-state index contributed by atoms with van der Waals surface area (Å²) in [6.07, 6.45) is 1.66. The summed E-state index contributed by atoms with van der Waals surface area (Å²) in [4.78, 5) is 25.2. The predicted molar refractivity (Wildman–Crippen MR) is 127 cm³/mol. The summed E-state index contributed by atoms with van der Waals surface area (Å²) in [7, 11) is -3.69. The molecule has 1 fully saturated rings. The van der Waals surface area contributed by atoms with E-state index in [1.54, 1.807) is 13.0 Å². The highest BCUT2D eigenvalue weighted by molar-refractivity contribution is 7.89. The number of ether oxygens (including phenoxy) is 1. The van der Waals surface area contributed by atoms with Crippen molar-refractivity contribution in [3.63, 3.8) is 0 Å². The zero-order valence-corrected chi connectivity index (χ0v) is 20.2. The molecule has 0 aliphatic carbocycles. The molecule has 1 heterocycles.